The van der Waals surface area contributed by atoms with Crippen molar-refractivity contribution < 1.29 is 18.3 Å². The summed E-state index contributed by atoms with van der Waals surface area (Å²) in [5, 5.41) is 9.20. The molecule has 0 radical (unpaired) electrons. The number of hydrogen-bond acceptors (Lipinski definition) is 4. The molecule has 0 aliphatic carbocycles. The molecule has 1 aromatic rings. The number of aliphatic carboxylic acids is 1. The van der Waals surface area contributed by atoms with E-state index in [4.69, 9.17) is 0 Å². The molecule has 0 amide bonds. The molecule has 1 aliphatic rings. The zero-order chi connectivity index (χ0) is 15.6. The zero-order valence-corrected chi connectivity index (χ0v) is 12.9. The second-order valence-electron chi connectivity index (χ2n) is 5.30. The van der Waals surface area contributed by atoms with Gasteiger partial charge in [-0.05, 0) is 18.1 Å². The van der Waals surface area contributed by atoms with Gasteiger partial charge in [0.2, 0.25) is 10.0 Å². The van der Waals surface area contributed by atoms with Gasteiger partial charge < -0.3 is 10.0 Å². The molecular weight excluding hydrogens is 292 g/mol. The summed E-state index contributed by atoms with van der Waals surface area (Å²) >= 11 is 0. The van der Waals surface area contributed by atoms with E-state index in [9.17, 15) is 18.3 Å². The van der Waals surface area contributed by atoms with E-state index in [0.717, 1.165) is 0 Å². The number of carboxylic acids is 1. The normalized spacial score (nSPS) is 22.5. The van der Waals surface area contributed by atoms with E-state index in [0.29, 0.717) is 25.3 Å². The number of anilines is 1. The SMILES string of the molecule is CCNS(=O)(=O)c1ccccc1N1C[C@@H](C)[C@H](C(=O)O)C1. The molecule has 2 N–H and O–H groups in total. The Hall–Kier alpha value is -1.60. The van der Waals surface area contributed by atoms with Crippen LogP contribution in [0.5, 0.6) is 0 Å². The van der Waals surface area contributed by atoms with Crippen LogP contribution in [0, 0.1) is 11.8 Å². The van der Waals surface area contributed by atoms with Crippen molar-refractivity contribution in [2.45, 2.75) is 18.7 Å². The lowest BCUT2D eigenvalue weighted by Gasteiger charge is -2.21. The molecule has 21 heavy (non-hydrogen) atoms. The minimum atomic E-state index is -3.57. The van der Waals surface area contributed by atoms with Crippen molar-refractivity contribution in [2.24, 2.45) is 11.8 Å². The molecule has 1 saturated heterocycles. The van der Waals surface area contributed by atoms with Gasteiger partial charge in [-0.25, -0.2) is 13.1 Å². The second-order valence-corrected chi connectivity index (χ2v) is 7.03. The van der Waals surface area contributed by atoms with Crippen molar-refractivity contribution >= 4 is 21.7 Å². The number of nitrogens with one attached hydrogen (secondary N) is 1. The molecule has 2 atom stereocenters. The third-order valence-electron chi connectivity index (χ3n) is 3.76. The summed E-state index contributed by atoms with van der Waals surface area (Å²) in [6, 6.07) is 6.70. The lowest BCUT2D eigenvalue weighted by atomic mass is 9.99. The van der Waals surface area contributed by atoms with Gasteiger partial charge >= 0.3 is 5.97 Å². The molecule has 116 valence electrons. The highest BCUT2D eigenvalue weighted by Crippen LogP contribution is 2.32. The highest BCUT2D eigenvalue weighted by atomic mass is 32.2. The highest BCUT2D eigenvalue weighted by Gasteiger charge is 2.36. The second kappa shape index (κ2) is 6.03. The van der Waals surface area contributed by atoms with Gasteiger partial charge in [0.25, 0.3) is 0 Å². The van der Waals surface area contributed by atoms with Crippen LogP contribution in [0.1, 0.15) is 13.8 Å². The van der Waals surface area contributed by atoms with E-state index in [1.807, 2.05) is 11.8 Å². The van der Waals surface area contributed by atoms with Crippen LogP contribution >= 0.6 is 0 Å². The van der Waals surface area contributed by atoms with Gasteiger partial charge in [0.05, 0.1) is 11.6 Å². The van der Waals surface area contributed by atoms with Gasteiger partial charge in [-0.15, -0.1) is 0 Å². The number of carboxylic acid groups (broad SMARTS) is 1. The Morgan fingerprint density at radius 3 is 2.62 bits per heavy atom. The predicted molar refractivity (Wildman–Crippen MR) is 79.8 cm³/mol. The standard InChI is InChI=1S/C14H20N2O4S/c1-3-15-21(19,20)13-7-5-4-6-12(13)16-8-10(2)11(9-16)14(17)18/h4-7,10-11,15H,3,8-9H2,1-2H3,(H,17,18)/t10-,11-/m1/s1. The first-order valence-electron chi connectivity index (χ1n) is 6.93. The first-order valence-corrected chi connectivity index (χ1v) is 8.41. The van der Waals surface area contributed by atoms with Crippen molar-refractivity contribution in [3.63, 3.8) is 0 Å². The molecule has 1 heterocycles. The number of sulfonamides is 1. The monoisotopic (exact) mass is 312 g/mol. The summed E-state index contributed by atoms with van der Waals surface area (Å²) in [4.78, 5) is 13.3. The molecule has 7 heteroatoms. The van der Waals surface area contributed by atoms with Gasteiger partial charge in [-0.2, -0.15) is 0 Å². The van der Waals surface area contributed by atoms with Crippen molar-refractivity contribution in [3.05, 3.63) is 24.3 Å². The minimum Gasteiger partial charge on any atom is -0.481 e. The van der Waals surface area contributed by atoms with Crippen molar-refractivity contribution in [1.82, 2.24) is 4.72 Å². The van der Waals surface area contributed by atoms with Gasteiger partial charge in [0.1, 0.15) is 4.90 Å². The van der Waals surface area contributed by atoms with Gasteiger partial charge in [-0.3, -0.25) is 4.79 Å². The van der Waals surface area contributed by atoms with E-state index < -0.39 is 21.9 Å². The summed E-state index contributed by atoms with van der Waals surface area (Å²) in [5.74, 6) is -1.32. The molecule has 2 rings (SSSR count). The molecule has 1 aliphatic heterocycles. The van der Waals surface area contributed by atoms with Crippen LogP contribution in [-0.4, -0.2) is 39.1 Å². The fourth-order valence-electron chi connectivity index (χ4n) is 2.70. The maximum Gasteiger partial charge on any atom is 0.308 e. The molecule has 0 saturated carbocycles. The van der Waals surface area contributed by atoms with Crippen LogP contribution in [0.2, 0.25) is 0 Å². The van der Waals surface area contributed by atoms with Gasteiger partial charge in [0.15, 0.2) is 0 Å². The summed E-state index contributed by atoms with van der Waals surface area (Å²) in [5.41, 5.74) is 0.564. The summed E-state index contributed by atoms with van der Waals surface area (Å²) < 4.78 is 27.0. The smallest absolute Gasteiger partial charge is 0.308 e. The number of benzene rings is 1. The highest BCUT2D eigenvalue weighted by molar-refractivity contribution is 7.89. The van der Waals surface area contributed by atoms with E-state index in [1.54, 1.807) is 31.2 Å². The third kappa shape index (κ3) is 3.19. The Morgan fingerprint density at radius 1 is 1.38 bits per heavy atom. The Balaban J connectivity index is 2.36. The van der Waals surface area contributed by atoms with Gasteiger partial charge in [0, 0.05) is 19.6 Å². The van der Waals surface area contributed by atoms with Crippen molar-refractivity contribution in [3.8, 4) is 0 Å². The van der Waals surface area contributed by atoms with E-state index >= 15 is 0 Å². The third-order valence-corrected chi connectivity index (χ3v) is 5.35. The first kappa shape index (κ1) is 15.8. The maximum atomic E-state index is 12.3. The molecule has 1 aromatic carbocycles. The lowest BCUT2D eigenvalue weighted by molar-refractivity contribution is -0.142. The van der Waals surface area contributed by atoms with Crippen LogP contribution in [0.3, 0.4) is 0 Å². The topological polar surface area (TPSA) is 86.7 Å². The van der Waals surface area contributed by atoms with Crippen LogP contribution < -0.4 is 9.62 Å². The average molecular weight is 312 g/mol. The quantitative estimate of drug-likeness (QED) is 0.851. The number of nitrogens with zero attached hydrogens (tertiary/aromatic N) is 1. The van der Waals surface area contributed by atoms with E-state index in [2.05, 4.69) is 4.72 Å². The largest absolute Gasteiger partial charge is 0.481 e. The van der Waals surface area contributed by atoms with E-state index in [-0.39, 0.29) is 10.8 Å². The van der Waals surface area contributed by atoms with Crippen LogP contribution in [0.15, 0.2) is 29.2 Å². The Morgan fingerprint density at radius 2 is 2.05 bits per heavy atom. The maximum absolute atomic E-state index is 12.3. The fraction of sp³-hybridized carbons (Fsp3) is 0.500. The molecule has 1 fully saturated rings. The summed E-state index contributed by atoms with van der Waals surface area (Å²) in [7, 11) is -3.57. The fourth-order valence-corrected chi connectivity index (χ4v) is 3.96. The Bertz CT molecular complexity index is 630. The Labute approximate surface area is 124 Å². The van der Waals surface area contributed by atoms with Crippen molar-refractivity contribution in [1.29, 1.82) is 0 Å². The number of para-hydroxylation sites is 1. The first-order chi connectivity index (χ1) is 9.86. The molecule has 6 nitrogen and oxygen atoms in total. The number of rotatable bonds is 5. The molecule has 0 unspecified atom stereocenters. The minimum absolute atomic E-state index is 0.0163. The summed E-state index contributed by atoms with van der Waals surface area (Å²) in [6.07, 6.45) is 0. The number of carbonyl (C=O) groups is 1. The van der Waals surface area contributed by atoms with Crippen LogP contribution in [0.4, 0.5) is 5.69 Å². The molecule has 0 bridgehead atoms. The average Bonchev–Trinajstić information content (AvgIpc) is 2.81. The van der Waals surface area contributed by atoms with E-state index in [1.165, 1.54) is 0 Å². The van der Waals surface area contributed by atoms with Crippen LogP contribution in [-0.2, 0) is 14.8 Å². The van der Waals surface area contributed by atoms with Crippen molar-refractivity contribution in [2.75, 3.05) is 24.5 Å². The number of hydrogen-bond donors (Lipinski definition) is 2. The molecule has 0 aromatic heterocycles. The lowest BCUT2D eigenvalue weighted by Crippen LogP contribution is -2.28. The summed E-state index contributed by atoms with van der Waals surface area (Å²) in [6.45, 7) is 4.77. The Kier molecular flexibility index (Phi) is 4.53. The predicted octanol–water partition coefficient (Wildman–Crippen LogP) is 1.14. The van der Waals surface area contributed by atoms with Gasteiger partial charge in [-0.1, -0.05) is 26.0 Å². The zero-order valence-electron chi connectivity index (χ0n) is 12.1. The molecule has 0 spiro atoms. The van der Waals surface area contributed by atoms with Crippen LogP contribution in [0.25, 0.3) is 0 Å². The molecular formula is C14H20N2O4S.